The summed E-state index contributed by atoms with van der Waals surface area (Å²) < 4.78 is 39.8. The normalized spacial score (nSPS) is 17.3. The largest absolute Gasteiger partial charge is 0.416 e. The predicted octanol–water partition coefficient (Wildman–Crippen LogP) is 6.18. The van der Waals surface area contributed by atoms with Crippen LogP contribution in [0.4, 0.5) is 34.1 Å². The van der Waals surface area contributed by atoms with Crippen LogP contribution in [0.3, 0.4) is 0 Å². The topological polar surface area (TPSA) is 76.1 Å². The average molecular weight is 499 g/mol. The second-order valence-corrected chi connectivity index (χ2v) is 8.94. The predicted molar refractivity (Wildman–Crippen MR) is 128 cm³/mol. The van der Waals surface area contributed by atoms with Crippen LogP contribution in [0.2, 0.25) is 0 Å². The number of alkyl halides is 3. The van der Waals surface area contributed by atoms with Gasteiger partial charge in [-0.1, -0.05) is 48.5 Å². The third-order valence-electron chi connectivity index (χ3n) is 6.10. The van der Waals surface area contributed by atoms with Crippen molar-refractivity contribution in [3.8, 4) is 0 Å². The zero-order chi connectivity index (χ0) is 26.1. The zero-order valence-corrected chi connectivity index (χ0v) is 19.6. The number of nitrogens with zero attached hydrogens (tertiary/aromatic N) is 3. The molecule has 0 spiro atoms. The van der Waals surface area contributed by atoms with Crippen LogP contribution in [-0.4, -0.2) is 38.9 Å². The van der Waals surface area contributed by atoms with Gasteiger partial charge in [-0.25, -0.2) is 9.59 Å². The van der Waals surface area contributed by atoms with Gasteiger partial charge in [0.25, 0.3) is 0 Å². The summed E-state index contributed by atoms with van der Waals surface area (Å²) >= 11 is 0. The van der Waals surface area contributed by atoms with E-state index in [1.807, 2.05) is 0 Å². The Kier molecular flexibility index (Phi) is 6.64. The minimum Gasteiger partial charge on any atom is -0.311 e. The van der Waals surface area contributed by atoms with Crippen molar-refractivity contribution >= 4 is 23.4 Å². The van der Waals surface area contributed by atoms with Crippen molar-refractivity contribution in [2.24, 2.45) is 0 Å². The standard InChI is InChI=1S/C26H25F3N4O3/c1-25(2)22(33(36)23(34)30-20-12-5-3-6-13-20)32(21-14-7-4-8-15-21)24(35)31(25)17-18-10-9-11-19(16-18)26(27,28)29/h3-16,22,36H,17H2,1-2H3,(H,30,34)/t22-/m0/s1. The zero-order valence-electron chi connectivity index (χ0n) is 19.6. The van der Waals surface area contributed by atoms with Gasteiger partial charge in [-0.3, -0.25) is 10.1 Å². The van der Waals surface area contributed by atoms with Gasteiger partial charge in [-0.2, -0.15) is 18.2 Å². The summed E-state index contributed by atoms with van der Waals surface area (Å²) in [4.78, 5) is 29.2. The van der Waals surface area contributed by atoms with Crippen LogP contribution >= 0.6 is 0 Å². The van der Waals surface area contributed by atoms with Crippen molar-refractivity contribution in [3.05, 3.63) is 96.1 Å². The SMILES string of the molecule is CC1(C)[C@H](N(O)C(=O)Nc2ccccc2)N(c2ccccc2)C(=O)N1Cc1cccc(C(F)(F)F)c1. The Morgan fingerprint density at radius 3 is 2.22 bits per heavy atom. The van der Waals surface area contributed by atoms with E-state index in [-0.39, 0.29) is 12.1 Å². The molecule has 1 saturated heterocycles. The summed E-state index contributed by atoms with van der Waals surface area (Å²) in [7, 11) is 0. The first-order valence-electron chi connectivity index (χ1n) is 11.2. The Labute approximate surface area is 206 Å². The van der Waals surface area contributed by atoms with Crippen LogP contribution in [0.1, 0.15) is 25.0 Å². The molecule has 36 heavy (non-hydrogen) atoms. The van der Waals surface area contributed by atoms with Crippen molar-refractivity contribution in [1.82, 2.24) is 9.96 Å². The van der Waals surface area contributed by atoms with E-state index in [2.05, 4.69) is 5.32 Å². The number of hydrogen-bond acceptors (Lipinski definition) is 3. The van der Waals surface area contributed by atoms with Gasteiger partial charge in [-0.05, 0) is 55.8 Å². The van der Waals surface area contributed by atoms with E-state index in [0.29, 0.717) is 16.4 Å². The minimum absolute atomic E-state index is 0.163. The van der Waals surface area contributed by atoms with Crippen molar-refractivity contribution in [3.63, 3.8) is 0 Å². The number of amides is 4. The van der Waals surface area contributed by atoms with E-state index in [1.54, 1.807) is 74.5 Å². The maximum atomic E-state index is 13.7. The van der Waals surface area contributed by atoms with E-state index in [9.17, 15) is 28.0 Å². The molecule has 3 aromatic rings. The second-order valence-electron chi connectivity index (χ2n) is 8.94. The van der Waals surface area contributed by atoms with Gasteiger partial charge in [-0.15, -0.1) is 0 Å². The molecule has 1 heterocycles. The van der Waals surface area contributed by atoms with Gasteiger partial charge in [0.05, 0.1) is 11.1 Å². The Balaban J connectivity index is 1.70. The summed E-state index contributed by atoms with van der Waals surface area (Å²) in [5, 5.41) is 14.1. The molecule has 0 aliphatic carbocycles. The summed E-state index contributed by atoms with van der Waals surface area (Å²) in [5.41, 5.74) is -0.913. The van der Waals surface area contributed by atoms with E-state index >= 15 is 0 Å². The maximum absolute atomic E-state index is 13.7. The number of hydroxylamine groups is 2. The lowest BCUT2D eigenvalue weighted by Crippen LogP contribution is -2.58. The molecule has 188 valence electrons. The fraction of sp³-hybridized carbons (Fsp3) is 0.231. The Morgan fingerprint density at radius 2 is 1.61 bits per heavy atom. The summed E-state index contributed by atoms with van der Waals surface area (Å²) in [6.07, 6.45) is -5.72. The number of benzene rings is 3. The quantitative estimate of drug-likeness (QED) is 0.326. The number of rotatable bonds is 5. The third-order valence-corrected chi connectivity index (χ3v) is 6.10. The number of anilines is 2. The molecular weight excluding hydrogens is 473 g/mol. The molecule has 1 aliphatic rings. The molecule has 3 aromatic carbocycles. The first-order valence-corrected chi connectivity index (χ1v) is 11.2. The molecule has 1 atom stereocenters. The molecule has 10 heteroatoms. The molecule has 0 bridgehead atoms. The summed E-state index contributed by atoms with van der Waals surface area (Å²) in [6, 6.07) is 20.2. The minimum atomic E-state index is -4.53. The first-order chi connectivity index (χ1) is 17.0. The van der Waals surface area contributed by atoms with Gasteiger partial charge in [0.15, 0.2) is 6.17 Å². The van der Waals surface area contributed by atoms with Crippen molar-refractivity contribution in [2.45, 2.75) is 38.3 Å². The Morgan fingerprint density at radius 1 is 1.00 bits per heavy atom. The van der Waals surface area contributed by atoms with Crippen LogP contribution in [0.5, 0.6) is 0 Å². The maximum Gasteiger partial charge on any atom is 0.416 e. The van der Waals surface area contributed by atoms with Crippen molar-refractivity contribution in [1.29, 1.82) is 0 Å². The van der Waals surface area contributed by atoms with Crippen molar-refractivity contribution < 1.29 is 28.0 Å². The molecule has 0 unspecified atom stereocenters. The van der Waals surface area contributed by atoms with Crippen LogP contribution in [0.25, 0.3) is 0 Å². The van der Waals surface area contributed by atoms with Crippen LogP contribution in [0, 0.1) is 0 Å². The Bertz CT molecular complexity index is 1240. The van der Waals surface area contributed by atoms with Crippen LogP contribution in [0.15, 0.2) is 84.9 Å². The molecule has 2 N–H and O–H groups in total. The van der Waals surface area contributed by atoms with Gasteiger partial charge in [0.1, 0.15) is 0 Å². The fourth-order valence-corrected chi connectivity index (χ4v) is 4.30. The highest BCUT2D eigenvalue weighted by molar-refractivity contribution is 5.98. The summed E-state index contributed by atoms with van der Waals surface area (Å²) in [5.74, 6) is 0. The second kappa shape index (κ2) is 9.54. The highest BCUT2D eigenvalue weighted by atomic mass is 19.4. The van der Waals surface area contributed by atoms with E-state index in [4.69, 9.17) is 0 Å². The summed E-state index contributed by atoms with van der Waals surface area (Å²) in [6.45, 7) is 3.12. The molecular formula is C26H25F3N4O3. The molecule has 0 aromatic heterocycles. The number of para-hydroxylation sites is 2. The van der Waals surface area contributed by atoms with Gasteiger partial charge in [0.2, 0.25) is 0 Å². The number of carbonyl (C=O) groups excluding carboxylic acids is 2. The molecule has 1 fully saturated rings. The van der Waals surface area contributed by atoms with Gasteiger partial charge in [0, 0.05) is 17.9 Å². The highest BCUT2D eigenvalue weighted by Gasteiger charge is 2.56. The molecule has 1 aliphatic heterocycles. The number of nitrogens with one attached hydrogen (secondary N) is 1. The molecule has 7 nitrogen and oxygen atoms in total. The highest BCUT2D eigenvalue weighted by Crippen LogP contribution is 2.39. The molecule has 4 rings (SSSR count). The van der Waals surface area contributed by atoms with Gasteiger partial charge >= 0.3 is 18.2 Å². The van der Waals surface area contributed by atoms with Gasteiger partial charge < -0.3 is 10.2 Å². The lowest BCUT2D eigenvalue weighted by Gasteiger charge is -2.38. The first kappa shape index (κ1) is 25.1. The smallest absolute Gasteiger partial charge is 0.311 e. The number of halogens is 3. The van der Waals surface area contributed by atoms with Crippen LogP contribution in [-0.2, 0) is 12.7 Å². The molecule has 4 amide bonds. The van der Waals surface area contributed by atoms with E-state index in [1.165, 1.54) is 21.9 Å². The lowest BCUT2D eigenvalue weighted by atomic mass is 9.98. The van der Waals surface area contributed by atoms with E-state index < -0.39 is 35.5 Å². The third kappa shape index (κ3) is 4.85. The molecule has 0 saturated carbocycles. The fourth-order valence-electron chi connectivity index (χ4n) is 4.30. The van der Waals surface area contributed by atoms with Crippen molar-refractivity contribution in [2.75, 3.05) is 10.2 Å². The lowest BCUT2D eigenvalue weighted by molar-refractivity contribution is -0.137. The van der Waals surface area contributed by atoms with E-state index in [0.717, 1.165) is 12.1 Å². The number of urea groups is 2. The Hall–Kier alpha value is -4.05. The number of hydrogen-bond donors (Lipinski definition) is 2. The monoisotopic (exact) mass is 498 g/mol. The number of carbonyl (C=O) groups is 2. The molecule has 0 radical (unpaired) electrons. The van der Waals surface area contributed by atoms with Crippen LogP contribution < -0.4 is 10.2 Å². The average Bonchev–Trinajstić information content (AvgIpc) is 3.04.